The summed E-state index contributed by atoms with van der Waals surface area (Å²) in [6.45, 7) is 5.59. The highest BCUT2D eigenvalue weighted by atomic mass is 79.9. The van der Waals surface area contributed by atoms with Gasteiger partial charge in [0.15, 0.2) is 0 Å². The number of nitrogens with zero attached hydrogens (tertiary/aromatic N) is 1. The normalized spacial score (nSPS) is 18.1. The number of carbonyl (C=O) groups excluding carboxylic acids is 1. The Morgan fingerprint density at radius 1 is 1.48 bits per heavy atom. The van der Waals surface area contributed by atoms with E-state index in [1.165, 1.54) is 0 Å². The van der Waals surface area contributed by atoms with Crippen LogP contribution in [-0.4, -0.2) is 36.2 Å². The van der Waals surface area contributed by atoms with E-state index in [-0.39, 0.29) is 6.54 Å². The van der Waals surface area contributed by atoms with Gasteiger partial charge in [-0.1, -0.05) is 12.7 Å². The zero-order chi connectivity index (χ0) is 17.2. The molecule has 1 aliphatic heterocycles. The van der Waals surface area contributed by atoms with Gasteiger partial charge in [-0.25, -0.2) is 0 Å². The highest BCUT2D eigenvalue weighted by molar-refractivity contribution is 9.10. The summed E-state index contributed by atoms with van der Waals surface area (Å²) in [6, 6.07) is 3.15. The van der Waals surface area contributed by atoms with Crippen molar-refractivity contribution in [2.45, 2.75) is 32.0 Å². The number of amides is 1. The first-order valence-corrected chi connectivity index (χ1v) is 7.96. The second-order valence-corrected chi connectivity index (χ2v) is 6.30. The molecular formula is C16H17BrF3NO2. The number of ether oxygens (including phenoxy) is 1. The van der Waals surface area contributed by atoms with E-state index in [1.54, 1.807) is 13.0 Å². The van der Waals surface area contributed by atoms with Crippen LogP contribution in [0, 0.1) is 0 Å². The highest BCUT2D eigenvalue weighted by Gasteiger charge is 2.44. The van der Waals surface area contributed by atoms with Crippen molar-refractivity contribution in [1.82, 2.24) is 4.90 Å². The van der Waals surface area contributed by atoms with Gasteiger partial charge in [0, 0.05) is 12.6 Å². The summed E-state index contributed by atoms with van der Waals surface area (Å²) in [6.07, 6.45) is -2.50. The Hall–Kier alpha value is -1.50. The van der Waals surface area contributed by atoms with E-state index in [1.807, 2.05) is 12.1 Å². The quantitative estimate of drug-likeness (QED) is 0.731. The molecule has 0 radical (unpaired) electrons. The molecular weight excluding hydrogens is 375 g/mol. The Morgan fingerprint density at radius 2 is 2.17 bits per heavy atom. The maximum atomic E-state index is 12.7. The van der Waals surface area contributed by atoms with Crippen molar-refractivity contribution in [2.75, 3.05) is 13.2 Å². The van der Waals surface area contributed by atoms with E-state index >= 15 is 0 Å². The zero-order valence-corrected chi connectivity index (χ0v) is 14.2. The van der Waals surface area contributed by atoms with Crippen LogP contribution in [-0.2, 0) is 17.6 Å². The minimum atomic E-state index is -4.84. The number of fused-ring (bicyclic) bond motifs is 1. The Kier molecular flexibility index (Phi) is 5.39. The second-order valence-electron chi connectivity index (χ2n) is 5.45. The molecule has 0 aromatic heterocycles. The number of benzene rings is 1. The van der Waals surface area contributed by atoms with Gasteiger partial charge in [0.1, 0.15) is 12.4 Å². The minimum absolute atomic E-state index is 0.0367. The number of alkyl halides is 3. The van der Waals surface area contributed by atoms with Crippen molar-refractivity contribution in [1.29, 1.82) is 0 Å². The Bertz CT molecular complexity index is 616. The molecule has 1 heterocycles. The molecule has 0 fully saturated rings. The lowest BCUT2D eigenvalue weighted by atomic mass is 10.0. The van der Waals surface area contributed by atoms with Crippen molar-refractivity contribution < 1.29 is 22.7 Å². The molecule has 2 rings (SSSR count). The van der Waals surface area contributed by atoms with Crippen LogP contribution in [0.5, 0.6) is 5.75 Å². The standard InChI is InChI=1S/C16H17BrF3NO2/c1-3-6-23-14-9-11-4-5-21(15(22)16(18,19)20)10(2)7-12(11)8-13(14)17/h3,8-10H,1,4-7H2,2H3. The summed E-state index contributed by atoms with van der Waals surface area (Å²) in [5, 5.41) is 0. The third-order valence-corrected chi connectivity index (χ3v) is 4.40. The van der Waals surface area contributed by atoms with E-state index in [0.717, 1.165) is 20.5 Å². The van der Waals surface area contributed by atoms with Crippen LogP contribution >= 0.6 is 15.9 Å². The molecule has 0 aliphatic carbocycles. The lowest BCUT2D eigenvalue weighted by molar-refractivity contribution is -0.187. The first kappa shape index (κ1) is 17.8. The molecule has 0 spiro atoms. The van der Waals surface area contributed by atoms with Gasteiger partial charge >= 0.3 is 12.1 Å². The van der Waals surface area contributed by atoms with Crippen molar-refractivity contribution >= 4 is 21.8 Å². The van der Waals surface area contributed by atoms with Crippen LogP contribution in [0.1, 0.15) is 18.1 Å². The summed E-state index contributed by atoms with van der Waals surface area (Å²) in [5.41, 5.74) is 1.82. The molecule has 1 aromatic rings. The molecule has 7 heteroatoms. The van der Waals surface area contributed by atoms with E-state index in [0.29, 0.717) is 25.2 Å². The van der Waals surface area contributed by atoms with Gasteiger partial charge in [-0.3, -0.25) is 4.79 Å². The first-order chi connectivity index (χ1) is 10.7. The number of carbonyl (C=O) groups is 1. The lowest BCUT2D eigenvalue weighted by Gasteiger charge is -2.27. The smallest absolute Gasteiger partial charge is 0.471 e. The molecule has 0 saturated carbocycles. The molecule has 1 aromatic carbocycles. The second kappa shape index (κ2) is 6.95. The molecule has 1 aliphatic rings. The molecule has 23 heavy (non-hydrogen) atoms. The monoisotopic (exact) mass is 391 g/mol. The topological polar surface area (TPSA) is 29.5 Å². The molecule has 0 bridgehead atoms. The van der Waals surface area contributed by atoms with E-state index in [2.05, 4.69) is 22.5 Å². The molecule has 0 N–H and O–H groups in total. The molecule has 126 valence electrons. The molecule has 1 unspecified atom stereocenters. The summed E-state index contributed by atoms with van der Waals surface area (Å²) in [4.78, 5) is 12.5. The SMILES string of the molecule is C=CCOc1cc2c(cc1Br)CC(C)N(C(=O)C(F)(F)F)CC2. The number of hydrogen-bond acceptors (Lipinski definition) is 2. The Balaban J connectivity index is 2.26. The van der Waals surface area contributed by atoms with E-state index in [4.69, 9.17) is 4.74 Å². The van der Waals surface area contributed by atoms with Crippen molar-refractivity contribution in [3.63, 3.8) is 0 Å². The zero-order valence-electron chi connectivity index (χ0n) is 12.6. The van der Waals surface area contributed by atoms with Crippen LogP contribution in [0.25, 0.3) is 0 Å². The molecule has 0 saturated heterocycles. The van der Waals surface area contributed by atoms with Crippen LogP contribution in [0.2, 0.25) is 0 Å². The summed E-state index contributed by atoms with van der Waals surface area (Å²) < 4.78 is 44.4. The van der Waals surface area contributed by atoms with Gasteiger partial charge in [-0.15, -0.1) is 0 Å². The average molecular weight is 392 g/mol. The van der Waals surface area contributed by atoms with Gasteiger partial charge in [-0.2, -0.15) is 13.2 Å². The number of halogens is 4. The van der Waals surface area contributed by atoms with Crippen molar-refractivity contribution in [2.24, 2.45) is 0 Å². The predicted molar refractivity (Wildman–Crippen MR) is 84.5 cm³/mol. The Morgan fingerprint density at radius 3 is 2.78 bits per heavy atom. The highest BCUT2D eigenvalue weighted by Crippen LogP contribution is 2.32. The fourth-order valence-electron chi connectivity index (χ4n) is 2.67. The van der Waals surface area contributed by atoms with Gasteiger partial charge in [0.2, 0.25) is 0 Å². The maximum Gasteiger partial charge on any atom is 0.471 e. The first-order valence-electron chi connectivity index (χ1n) is 7.16. The van der Waals surface area contributed by atoms with E-state index in [9.17, 15) is 18.0 Å². The van der Waals surface area contributed by atoms with Crippen LogP contribution in [0.3, 0.4) is 0 Å². The summed E-state index contributed by atoms with van der Waals surface area (Å²) in [5.74, 6) is -1.16. The van der Waals surface area contributed by atoms with Gasteiger partial charge in [-0.05, 0) is 59.0 Å². The van der Waals surface area contributed by atoms with Crippen LogP contribution in [0.15, 0.2) is 29.3 Å². The van der Waals surface area contributed by atoms with Gasteiger partial charge < -0.3 is 9.64 Å². The number of hydrogen-bond donors (Lipinski definition) is 0. The third-order valence-electron chi connectivity index (χ3n) is 3.78. The summed E-state index contributed by atoms with van der Waals surface area (Å²) >= 11 is 3.41. The predicted octanol–water partition coefficient (Wildman–Crippen LogP) is 3.89. The molecule has 1 atom stereocenters. The molecule has 3 nitrogen and oxygen atoms in total. The van der Waals surface area contributed by atoms with Crippen molar-refractivity contribution in [3.8, 4) is 5.75 Å². The van der Waals surface area contributed by atoms with Gasteiger partial charge in [0.25, 0.3) is 0 Å². The van der Waals surface area contributed by atoms with E-state index < -0.39 is 18.1 Å². The average Bonchev–Trinajstić information content (AvgIpc) is 2.61. The Labute approximate surface area is 141 Å². The largest absolute Gasteiger partial charge is 0.488 e. The van der Waals surface area contributed by atoms with Crippen LogP contribution in [0.4, 0.5) is 13.2 Å². The van der Waals surface area contributed by atoms with Crippen LogP contribution < -0.4 is 4.74 Å². The fourth-order valence-corrected chi connectivity index (χ4v) is 3.18. The van der Waals surface area contributed by atoms with Gasteiger partial charge in [0.05, 0.1) is 4.47 Å². The van der Waals surface area contributed by atoms with Crippen molar-refractivity contribution in [3.05, 3.63) is 40.4 Å². The minimum Gasteiger partial charge on any atom is -0.488 e. The summed E-state index contributed by atoms with van der Waals surface area (Å²) in [7, 11) is 0. The number of rotatable bonds is 3. The fraction of sp³-hybridized carbons (Fsp3) is 0.438. The third kappa shape index (κ3) is 4.07. The lowest BCUT2D eigenvalue weighted by Crippen LogP contribution is -2.46. The molecule has 1 amide bonds. The maximum absolute atomic E-state index is 12.7.